The van der Waals surface area contributed by atoms with Crippen LogP contribution in [-0.2, 0) is 13.5 Å². The van der Waals surface area contributed by atoms with Crippen LogP contribution < -0.4 is 0 Å². The van der Waals surface area contributed by atoms with Crippen molar-refractivity contribution in [1.29, 1.82) is 0 Å². The van der Waals surface area contributed by atoms with Gasteiger partial charge < -0.3 is 4.90 Å². The third-order valence-electron chi connectivity index (χ3n) is 4.15. The Hall–Kier alpha value is -1.68. The standard InChI is InChI=1S/C16H22N4/c1-19-9-3-4-14(12-19)10-13-5-7-17-15(11-13)16-6-8-18-20(16)2/h5-8,11,14H,3-4,9-10,12H2,1-2H3. The maximum Gasteiger partial charge on any atom is 0.0885 e. The largest absolute Gasteiger partial charge is 0.306 e. The summed E-state index contributed by atoms with van der Waals surface area (Å²) in [5.41, 5.74) is 3.48. The molecule has 4 nitrogen and oxygen atoms in total. The first-order chi connectivity index (χ1) is 9.72. The second-order valence-electron chi connectivity index (χ2n) is 5.86. The van der Waals surface area contributed by atoms with Crippen LogP contribution in [0.25, 0.3) is 11.4 Å². The Morgan fingerprint density at radius 2 is 2.15 bits per heavy atom. The zero-order valence-electron chi connectivity index (χ0n) is 12.3. The van der Waals surface area contributed by atoms with Gasteiger partial charge in [0, 0.05) is 26.0 Å². The van der Waals surface area contributed by atoms with Gasteiger partial charge in [-0.2, -0.15) is 5.10 Å². The highest BCUT2D eigenvalue weighted by molar-refractivity contribution is 5.54. The number of rotatable bonds is 3. The molecule has 2 aromatic rings. The van der Waals surface area contributed by atoms with Gasteiger partial charge in [0.2, 0.25) is 0 Å². The van der Waals surface area contributed by atoms with Gasteiger partial charge >= 0.3 is 0 Å². The van der Waals surface area contributed by atoms with E-state index in [-0.39, 0.29) is 0 Å². The SMILES string of the molecule is CN1CCCC(Cc2ccnc(-c3ccnn3C)c2)C1. The Morgan fingerprint density at radius 1 is 1.25 bits per heavy atom. The lowest BCUT2D eigenvalue weighted by Gasteiger charge is -2.29. The summed E-state index contributed by atoms with van der Waals surface area (Å²) in [6.45, 7) is 2.45. The molecule has 0 bridgehead atoms. The summed E-state index contributed by atoms with van der Waals surface area (Å²) < 4.78 is 1.88. The minimum atomic E-state index is 0.774. The summed E-state index contributed by atoms with van der Waals surface area (Å²) in [4.78, 5) is 6.92. The molecule has 1 fully saturated rings. The van der Waals surface area contributed by atoms with Crippen LogP contribution in [0.3, 0.4) is 0 Å². The first kappa shape index (κ1) is 13.3. The fourth-order valence-corrected chi connectivity index (χ4v) is 3.14. The maximum atomic E-state index is 4.48. The molecule has 0 amide bonds. The molecule has 0 aromatic carbocycles. The maximum absolute atomic E-state index is 4.48. The molecule has 1 saturated heterocycles. The summed E-state index contributed by atoms with van der Waals surface area (Å²) in [5, 5.41) is 4.22. The molecule has 20 heavy (non-hydrogen) atoms. The van der Waals surface area contributed by atoms with Crippen LogP contribution in [0.5, 0.6) is 0 Å². The lowest BCUT2D eigenvalue weighted by Crippen LogP contribution is -2.32. The summed E-state index contributed by atoms with van der Waals surface area (Å²) >= 11 is 0. The third-order valence-corrected chi connectivity index (χ3v) is 4.15. The van der Waals surface area contributed by atoms with E-state index in [4.69, 9.17) is 0 Å². The molecule has 0 N–H and O–H groups in total. The Bertz CT molecular complexity index is 575. The molecule has 0 radical (unpaired) electrons. The molecule has 1 unspecified atom stereocenters. The number of hydrogen-bond donors (Lipinski definition) is 0. The predicted octanol–water partition coefficient (Wildman–Crippen LogP) is 2.37. The topological polar surface area (TPSA) is 34.0 Å². The van der Waals surface area contributed by atoms with Crippen LogP contribution in [0.1, 0.15) is 18.4 Å². The van der Waals surface area contributed by atoms with Gasteiger partial charge in [-0.05, 0) is 62.5 Å². The van der Waals surface area contributed by atoms with Gasteiger partial charge in [0.15, 0.2) is 0 Å². The van der Waals surface area contributed by atoms with E-state index < -0.39 is 0 Å². The van der Waals surface area contributed by atoms with Gasteiger partial charge in [0.05, 0.1) is 11.4 Å². The van der Waals surface area contributed by atoms with Crippen molar-refractivity contribution in [2.45, 2.75) is 19.3 Å². The molecule has 1 aliphatic rings. The second-order valence-corrected chi connectivity index (χ2v) is 5.86. The van der Waals surface area contributed by atoms with Crippen LogP contribution in [0.4, 0.5) is 0 Å². The van der Waals surface area contributed by atoms with Gasteiger partial charge in [-0.25, -0.2) is 0 Å². The molecule has 0 aliphatic carbocycles. The van der Waals surface area contributed by atoms with Crippen LogP contribution in [0.15, 0.2) is 30.6 Å². The van der Waals surface area contributed by atoms with Crippen molar-refractivity contribution in [3.8, 4) is 11.4 Å². The molecule has 0 spiro atoms. The lowest BCUT2D eigenvalue weighted by atomic mass is 9.91. The number of aromatic nitrogens is 3. The highest BCUT2D eigenvalue weighted by atomic mass is 15.3. The Labute approximate surface area is 120 Å². The number of pyridine rings is 1. The zero-order chi connectivity index (χ0) is 13.9. The van der Waals surface area contributed by atoms with Gasteiger partial charge in [0.25, 0.3) is 0 Å². The summed E-state index contributed by atoms with van der Waals surface area (Å²) in [5.74, 6) is 0.774. The molecule has 2 aromatic heterocycles. The van der Waals surface area contributed by atoms with Crippen LogP contribution in [0.2, 0.25) is 0 Å². The first-order valence-corrected chi connectivity index (χ1v) is 7.34. The lowest BCUT2D eigenvalue weighted by molar-refractivity contribution is 0.209. The average molecular weight is 270 g/mol. The molecule has 1 atom stereocenters. The molecule has 3 heterocycles. The third kappa shape index (κ3) is 2.90. The first-order valence-electron chi connectivity index (χ1n) is 7.34. The summed E-state index contributed by atoms with van der Waals surface area (Å²) in [6.07, 6.45) is 7.55. The minimum Gasteiger partial charge on any atom is -0.306 e. The number of aryl methyl sites for hydroxylation is 1. The molecule has 1 aliphatic heterocycles. The molecule has 106 valence electrons. The normalized spacial score (nSPS) is 20.2. The van der Waals surface area contributed by atoms with E-state index in [1.165, 1.54) is 31.5 Å². The van der Waals surface area contributed by atoms with Crippen molar-refractivity contribution in [1.82, 2.24) is 19.7 Å². The zero-order valence-corrected chi connectivity index (χ0v) is 12.3. The Morgan fingerprint density at radius 3 is 2.90 bits per heavy atom. The minimum absolute atomic E-state index is 0.774. The number of piperidine rings is 1. The van der Waals surface area contributed by atoms with Crippen LogP contribution in [-0.4, -0.2) is 39.8 Å². The Balaban J connectivity index is 1.76. The summed E-state index contributed by atoms with van der Waals surface area (Å²) in [6, 6.07) is 6.38. The number of likely N-dealkylation sites (tertiary alicyclic amines) is 1. The van der Waals surface area contributed by atoms with E-state index in [9.17, 15) is 0 Å². The fraction of sp³-hybridized carbons (Fsp3) is 0.500. The van der Waals surface area contributed by atoms with Gasteiger partial charge in [-0.1, -0.05) is 0 Å². The quantitative estimate of drug-likeness (QED) is 0.858. The average Bonchev–Trinajstić information content (AvgIpc) is 2.85. The van der Waals surface area contributed by atoms with Crippen LogP contribution >= 0.6 is 0 Å². The van der Waals surface area contributed by atoms with E-state index in [1.807, 2.05) is 30.2 Å². The molecule has 0 saturated carbocycles. The smallest absolute Gasteiger partial charge is 0.0885 e. The van der Waals surface area contributed by atoms with Gasteiger partial charge in [-0.3, -0.25) is 9.67 Å². The predicted molar refractivity (Wildman–Crippen MR) is 80.4 cm³/mol. The van der Waals surface area contributed by atoms with Gasteiger partial charge in [0.1, 0.15) is 0 Å². The van der Waals surface area contributed by atoms with Crippen LogP contribution in [0, 0.1) is 5.92 Å². The van der Waals surface area contributed by atoms with E-state index >= 15 is 0 Å². The highest BCUT2D eigenvalue weighted by Crippen LogP contribution is 2.22. The van der Waals surface area contributed by atoms with Gasteiger partial charge in [-0.15, -0.1) is 0 Å². The van der Waals surface area contributed by atoms with Crippen molar-refractivity contribution in [2.75, 3.05) is 20.1 Å². The second kappa shape index (κ2) is 5.75. The van der Waals surface area contributed by atoms with Crippen molar-refractivity contribution in [2.24, 2.45) is 13.0 Å². The van der Waals surface area contributed by atoms with E-state index in [2.05, 4.69) is 34.2 Å². The molecular formula is C16H22N4. The number of hydrogen-bond acceptors (Lipinski definition) is 3. The summed E-state index contributed by atoms with van der Waals surface area (Å²) in [7, 11) is 4.18. The molecule has 3 rings (SSSR count). The monoisotopic (exact) mass is 270 g/mol. The molecular weight excluding hydrogens is 248 g/mol. The van der Waals surface area contributed by atoms with E-state index in [0.29, 0.717) is 0 Å². The highest BCUT2D eigenvalue weighted by Gasteiger charge is 2.17. The van der Waals surface area contributed by atoms with Crippen molar-refractivity contribution in [3.05, 3.63) is 36.2 Å². The number of nitrogens with zero attached hydrogens (tertiary/aromatic N) is 4. The fourth-order valence-electron chi connectivity index (χ4n) is 3.14. The molecule has 4 heteroatoms. The Kier molecular flexibility index (Phi) is 3.83. The van der Waals surface area contributed by atoms with E-state index in [1.54, 1.807) is 0 Å². The van der Waals surface area contributed by atoms with Crippen molar-refractivity contribution < 1.29 is 0 Å². The van der Waals surface area contributed by atoms with Crippen molar-refractivity contribution in [3.63, 3.8) is 0 Å². The van der Waals surface area contributed by atoms with E-state index in [0.717, 1.165) is 23.7 Å². The van der Waals surface area contributed by atoms with Crippen molar-refractivity contribution >= 4 is 0 Å².